The van der Waals surface area contributed by atoms with Gasteiger partial charge in [-0.1, -0.05) is 43.5 Å². The lowest BCUT2D eigenvalue weighted by atomic mass is 9.95. The Hall–Kier alpha value is -3.25. The molecule has 10 nitrogen and oxygen atoms in total. The molecule has 2 aromatic carbocycles. The second-order valence-corrected chi connectivity index (χ2v) is 13.2. The maximum atomic E-state index is 12.9. The molecular formula is C31H39ClN6O4S. The summed E-state index contributed by atoms with van der Waals surface area (Å²) in [5.74, 6) is -0.261. The summed E-state index contributed by atoms with van der Waals surface area (Å²) in [6.07, 6.45) is 9.71. The minimum Gasteiger partial charge on any atom is -0.338 e. The topological polar surface area (TPSA) is 138 Å². The van der Waals surface area contributed by atoms with Crippen LogP contribution in [0.2, 0.25) is 0 Å². The van der Waals surface area contributed by atoms with Crippen LogP contribution in [-0.2, 0) is 27.8 Å². The Bertz CT molecular complexity index is 1560. The fraction of sp³-hybridized carbons (Fsp3) is 0.452. The van der Waals surface area contributed by atoms with Crippen molar-refractivity contribution in [2.75, 3.05) is 32.1 Å². The number of alkyl halides is 1. The second kappa shape index (κ2) is 14.0. The van der Waals surface area contributed by atoms with E-state index in [0.717, 1.165) is 53.1 Å². The molecular weight excluding hydrogens is 588 g/mol. The molecule has 0 bridgehead atoms. The van der Waals surface area contributed by atoms with Crippen molar-refractivity contribution >= 4 is 44.3 Å². The van der Waals surface area contributed by atoms with Gasteiger partial charge in [-0.25, -0.2) is 18.4 Å². The molecule has 2 aliphatic rings. The van der Waals surface area contributed by atoms with E-state index in [1.807, 2.05) is 29.2 Å². The van der Waals surface area contributed by atoms with Crippen LogP contribution in [0.3, 0.4) is 0 Å². The van der Waals surface area contributed by atoms with Crippen molar-refractivity contribution in [3.63, 3.8) is 0 Å². The van der Waals surface area contributed by atoms with E-state index < -0.39 is 10.0 Å². The predicted molar refractivity (Wildman–Crippen MR) is 167 cm³/mol. The molecule has 0 spiro atoms. The minimum atomic E-state index is -3.84. The number of nitrogens with two attached hydrogens (primary N) is 1. The maximum absolute atomic E-state index is 12.9. The molecule has 2 heterocycles. The zero-order valence-corrected chi connectivity index (χ0v) is 25.7. The number of carbonyl (C=O) groups excluding carboxylic acids is 2. The van der Waals surface area contributed by atoms with E-state index >= 15 is 0 Å². The average Bonchev–Trinajstić information content (AvgIpc) is 3.01. The van der Waals surface area contributed by atoms with Crippen LogP contribution < -0.4 is 15.8 Å². The number of amides is 3. The molecule has 5 rings (SSSR count). The number of nitrogens with zero attached hydrogens (tertiary/aromatic N) is 3. The van der Waals surface area contributed by atoms with Crippen molar-refractivity contribution in [2.24, 2.45) is 5.14 Å². The number of hydrogen-bond acceptors (Lipinski definition) is 6. The number of rotatable bonds is 9. The van der Waals surface area contributed by atoms with Gasteiger partial charge < -0.3 is 15.5 Å². The number of halogens is 1. The highest BCUT2D eigenvalue weighted by Crippen LogP contribution is 2.31. The first-order chi connectivity index (χ1) is 20.7. The van der Waals surface area contributed by atoms with Gasteiger partial charge in [0.15, 0.2) is 0 Å². The van der Waals surface area contributed by atoms with Crippen LogP contribution in [0.1, 0.15) is 54.8 Å². The number of hydrogen-bond donors (Lipinski definition) is 3. The summed E-state index contributed by atoms with van der Waals surface area (Å²) >= 11 is 6.03. The molecule has 12 heteroatoms. The molecule has 1 atom stereocenters. The van der Waals surface area contributed by atoms with Crippen LogP contribution in [0, 0.1) is 0 Å². The molecule has 3 amide bonds. The van der Waals surface area contributed by atoms with Crippen LogP contribution >= 0.6 is 11.6 Å². The van der Waals surface area contributed by atoms with E-state index in [2.05, 4.69) is 20.5 Å². The number of fused-ring (bicyclic) bond motifs is 1. The standard InChI is InChI=1S/C31H39ClN6O4S/c32-18-30(39)38-16-15-37(20-24-6-4-5-22-9-10-26(17-27(22)24)43(33,41)42)21-29(38)28-19-34-13-11-23(28)12-14-35-31(40)36-25-7-2-1-3-8-25/h4-6,9-11,13,17,19,25,29H,1-3,7-8,12,14-16,18,20-21H2,(H2,33,41,42)(H2,35,36,40). The summed E-state index contributed by atoms with van der Waals surface area (Å²) in [5, 5.41) is 13.2. The minimum absolute atomic E-state index is 0.0730. The van der Waals surface area contributed by atoms with Crippen LogP contribution in [0.25, 0.3) is 10.8 Å². The Morgan fingerprint density at radius 1 is 1.05 bits per heavy atom. The predicted octanol–water partition coefficient (Wildman–Crippen LogP) is 3.68. The van der Waals surface area contributed by atoms with Crippen molar-refractivity contribution in [2.45, 2.75) is 62.0 Å². The van der Waals surface area contributed by atoms with E-state index in [1.54, 1.807) is 24.5 Å². The number of benzene rings is 2. The van der Waals surface area contributed by atoms with Gasteiger partial charge in [-0.05, 0) is 64.9 Å². The first-order valence-corrected chi connectivity index (χ1v) is 16.9. The van der Waals surface area contributed by atoms with Crippen molar-refractivity contribution in [1.82, 2.24) is 25.4 Å². The molecule has 1 saturated heterocycles. The Morgan fingerprint density at radius 2 is 1.86 bits per heavy atom. The smallest absolute Gasteiger partial charge is 0.315 e. The van der Waals surface area contributed by atoms with Crippen molar-refractivity contribution in [1.29, 1.82) is 0 Å². The first-order valence-electron chi connectivity index (χ1n) is 14.8. The van der Waals surface area contributed by atoms with Gasteiger partial charge in [0.25, 0.3) is 0 Å². The number of aromatic nitrogens is 1. The van der Waals surface area contributed by atoms with Crippen LogP contribution in [-0.4, -0.2) is 73.2 Å². The highest BCUT2D eigenvalue weighted by molar-refractivity contribution is 7.89. The zero-order valence-electron chi connectivity index (χ0n) is 24.2. The third-order valence-corrected chi connectivity index (χ3v) is 9.63. The number of carbonyl (C=O) groups is 2. The number of piperazine rings is 1. The molecule has 4 N–H and O–H groups in total. The third-order valence-electron chi connectivity index (χ3n) is 8.49. The molecule has 2 fully saturated rings. The lowest BCUT2D eigenvalue weighted by Gasteiger charge is -2.42. The van der Waals surface area contributed by atoms with Gasteiger partial charge in [0.1, 0.15) is 5.88 Å². The molecule has 43 heavy (non-hydrogen) atoms. The number of nitrogens with one attached hydrogen (secondary N) is 2. The summed E-state index contributed by atoms with van der Waals surface area (Å²) in [5.41, 5.74) is 2.91. The lowest BCUT2D eigenvalue weighted by Crippen LogP contribution is -2.51. The quantitative estimate of drug-likeness (QED) is 0.310. The Morgan fingerprint density at radius 3 is 2.63 bits per heavy atom. The monoisotopic (exact) mass is 626 g/mol. The Balaban J connectivity index is 1.32. The van der Waals surface area contributed by atoms with Gasteiger partial charge in [-0.2, -0.15) is 0 Å². The first kappa shape index (κ1) is 31.2. The summed E-state index contributed by atoms with van der Waals surface area (Å²) in [7, 11) is -3.84. The number of urea groups is 1. The van der Waals surface area contributed by atoms with Crippen molar-refractivity contribution in [3.8, 4) is 0 Å². The molecule has 1 aliphatic carbocycles. The zero-order chi connectivity index (χ0) is 30.4. The normalized spacial score (nSPS) is 18.5. The highest BCUT2D eigenvalue weighted by Gasteiger charge is 2.33. The van der Waals surface area contributed by atoms with Gasteiger partial charge in [0.2, 0.25) is 15.9 Å². The van der Waals surface area contributed by atoms with Gasteiger partial charge in [-0.3, -0.25) is 14.7 Å². The number of pyridine rings is 1. The van der Waals surface area contributed by atoms with E-state index in [-0.39, 0.29) is 34.8 Å². The Kier molecular flexibility index (Phi) is 10.2. The van der Waals surface area contributed by atoms with Gasteiger partial charge in [0, 0.05) is 51.2 Å². The number of sulfonamides is 1. The van der Waals surface area contributed by atoms with E-state index in [0.29, 0.717) is 39.1 Å². The summed E-state index contributed by atoms with van der Waals surface area (Å²) in [4.78, 5) is 34.0. The molecule has 1 aromatic heterocycles. The van der Waals surface area contributed by atoms with Crippen LogP contribution in [0.5, 0.6) is 0 Å². The van der Waals surface area contributed by atoms with E-state index in [9.17, 15) is 18.0 Å². The summed E-state index contributed by atoms with van der Waals surface area (Å²) in [6, 6.07) is 12.5. The van der Waals surface area contributed by atoms with Crippen LogP contribution in [0.15, 0.2) is 59.8 Å². The second-order valence-electron chi connectivity index (χ2n) is 11.4. The molecule has 1 aliphatic heterocycles. The van der Waals surface area contributed by atoms with Crippen LogP contribution in [0.4, 0.5) is 4.79 Å². The lowest BCUT2D eigenvalue weighted by molar-refractivity contribution is -0.133. The summed E-state index contributed by atoms with van der Waals surface area (Å²) < 4.78 is 24.1. The average molecular weight is 627 g/mol. The van der Waals surface area contributed by atoms with Crippen molar-refractivity contribution in [3.05, 3.63) is 71.5 Å². The Labute approximate surface area is 258 Å². The maximum Gasteiger partial charge on any atom is 0.315 e. The van der Waals surface area contributed by atoms with E-state index in [4.69, 9.17) is 16.7 Å². The fourth-order valence-electron chi connectivity index (χ4n) is 6.25. The number of primary sulfonamides is 1. The molecule has 3 aromatic rings. The SMILES string of the molecule is NS(=O)(=O)c1ccc2cccc(CN3CCN(C(=O)CCl)C(c4cnccc4CCNC(=O)NC4CCCCC4)C3)c2c1. The third kappa shape index (κ3) is 7.83. The molecule has 230 valence electrons. The van der Waals surface area contributed by atoms with E-state index in [1.165, 1.54) is 12.5 Å². The van der Waals surface area contributed by atoms with Gasteiger partial charge in [-0.15, -0.1) is 11.6 Å². The fourth-order valence-corrected chi connectivity index (χ4v) is 6.95. The van der Waals surface area contributed by atoms with Gasteiger partial charge >= 0.3 is 6.03 Å². The highest BCUT2D eigenvalue weighted by atomic mass is 35.5. The largest absolute Gasteiger partial charge is 0.338 e. The summed E-state index contributed by atoms with van der Waals surface area (Å²) in [6.45, 7) is 2.67. The molecule has 1 unspecified atom stereocenters. The van der Waals surface area contributed by atoms with Gasteiger partial charge in [0.05, 0.1) is 10.9 Å². The van der Waals surface area contributed by atoms with Crippen molar-refractivity contribution < 1.29 is 18.0 Å². The molecule has 1 saturated carbocycles. The molecule has 0 radical (unpaired) electrons.